The van der Waals surface area contributed by atoms with Crippen molar-refractivity contribution in [2.75, 3.05) is 5.32 Å². The minimum atomic E-state index is -1.00. The molecule has 7 nitrogen and oxygen atoms in total. The molecule has 2 aromatic carbocycles. The summed E-state index contributed by atoms with van der Waals surface area (Å²) in [5.41, 5.74) is 0.138. The lowest BCUT2D eigenvalue weighted by Crippen LogP contribution is -2.40. The number of carbonyl (C=O) groups excluding carboxylic acids is 1. The van der Waals surface area contributed by atoms with Gasteiger partial charge in [-0.2, -0.15) is 0 Å². The normalized spacial score (nSPS) is 17.7. The monoisotopic (exact) mass is 407 g/mol. The average Bonchev–Trinajstić information content (AvgIpc) is 2.71. The van der Waals surface area contributed by atoms with Gasteiger partial charge in [-0.1, -0.05) is 49.0 Å². The third kappa shape index (κ3) is 3.67. The Morgan fingerprint density at radius 3 is 2.57 bits per heavy atom. The molecule has 0 fully saturated rings. The number of hydrogen-bond donors (Lipinski definition) is 3. The maximum absolute atomic E-state index is 14.0. The number of hydrogen-bond acceptors (Lipinski definition) is 5. The van der Waals surface area contributed by atoms with E-state index in [4.69, 9.17) is 4.74 Å². The Bertz CT molecular complexity index is 1230. The third-order valence-electron chi connectivity index (χ3n) is 4.97. The van der Waals surface area contributed by atoms with Crippen molar-refractivity contribution < 1.29 is 13.9 Å². The van der Waals surface area contributed by atoms with Crippen LogP contribution in [0, 0.1) is 11.7 Å². The molecule has 2 atom stereocenters. The van der Waals surface area contributed by atoms with E-state index < -0.39 is 34.9 Å². The van der Waals surface area contributed by atoms with Crippen LogP contribution in [0.1, 0.15) is 22.6 Å². The Morgan fingerprint density at radius 2 is 1.83 bits per heavy atom. The molecule has 30 heavy (non-hydrogen) atoms. The topological polar surface area (TPSA) is 104 Å². The van der Waals surface area contributed by atoms with Crippen molar-refractivity contribution >= 4 is 11.8 Å². The number of anilines is 1. The molecule has 0 aliphatic carbocycles. The molecule has 0 amide bonds. The van der Waals surface area contributed by atoms with Gasteiger partial charge in [0.2, 0.25) is 0 Å². The molecule has 1 aliphatic rings. The first-order valence-corrected chi connectivity index (χ1v) is 9.22. The minimum absolute atomic E-state index is 0.0359. The Kier molecular flexibility index (Phi) is 5.05. The highest BCUT2D eigenvalue weighted by Gasteiger charge is 2.41. The van der Waals surface area contributed by atoms with E-state index in [1.54, 1.807) is 6.07 Å². The number of nitrogens with one attached hydrogen (secondary N) is 3. The number of esters is 1. The molecule has 2 heterocycles. The van der Waals surface area contributed by atoms with Crippen LogP contribution in [0.15, 0.2) is 76.5 Å². The number of ether oxygens (including phenoxy) is 1. The molecule has 8 heteroatoms. The fraction of sp³-hybridized carbons (Fsp3) is 0.136. The largest absolute Gasteiger partial charge is 0.460 e. The molecule has 152 valence electrons. The number of fused-ring (bicyclic) bond motifs is 1. The van der Waals surface area contributed by atoms with E-state index in [0.717, 1.165) is 5.56 Å². The van der Waals surface area contributed by atoms with E-state index in [0.29, 0.717) is 5.56 Å². The second-order valence-electron chi connectivity index (χ2n) is 6.95. The number of halogens is 1. The highest BCUT2D eigenvalue weighted by molar-refractivity contribution is 5.81. The lowest BCUT2D eigenvalue weighted by Gasteiger charge is -2.33. The number of rotatable bonds is 4. The fourth-order valence-corrected chi connectivity index (χ4v) is 3.65. The number of aromatic amines is 2. The molecule has 0 saturated carbocycles. The lowest BCUT2D eigenvalue weighted by molar-refractivity contribution is -0.149. The van der Waals surface area contributed by atoms with Crippen LogP contribution in [-0.4, -0.2) is 15.9 Å². The van der Waals surface area contributed by atoms with Crippen LogP contribution in [0.5, 0.6) is 0 Å². The van der Waals surface area contributed by atoms with Crippen molar-refractivity contribution in [3.63, 3.8) is 0 Å². The van der Waals surface area contributed by atoms with Crippen LogP contribution in [0.25, 0.3) is 0 Å². The van der Waals surface area contributed by atoms with Crippen LogP contribution in [0.4, 0.5) is 10.2 Å². The zero-order valence-electron chi connectivity index (χ0n) is 15.8. The smallest absolute Gasteiger partial charge is 0.327 e. The average molecular weight is 407 g/mol. The van der Waals surface area contributed by atoms with Gasteiger partial charge in [0, 0.05) is 11.6 Å². The van der Waals surface area contributed by atoms with Gasteiger partial charge in [-0.05, 0) is 23.3 Å². The van der Waals surface area contributed by atoms with Gasteiger partial charge < -0.3 is 10.1 Å². The maximum Gasteiger partial charge on any atom is 0.327 e. The Balaban J connectivity index is 1.77. The predicted octanol–water partition coefficient (Wildman–Crippen LogP) is 2.63. The SMILES string of the molecule is C=C1Nc2[nH]c(=O)[nH]c(=O)c2[C@@H](c2cccc(F)c2)[C@@H]1C(=O)OCc1ccccc1. The number of H-pyrrole nitrogens is 2. The molecule has 0 radical (unpaired) electrons. The molecule has 3 N–H and O–H groups in total. The highest BCUT2D eigenvalue weighted by Crippen LogP contribution is 2.41. The van der Waals surface area contributed by atoms with Gasteiger partial charge >= 0.3 is 11.7 Å². The minimum Gasteiger partial charge on any atom is -0.460 e. The van der Waals surface area contributed by atoms with Crippen LogP contribution in [0.3, 0.4) is 0 Å². The second kappa shape index (κ2) is 7.82. The predicted molar refractivity (Wildman–Crippen MR) is 108 cm³/mol. The second-order valence-corrected chi connectivity index (χ2v) is 6.95. The van der Waals surface area contributed by atoms with Crippen molar-refractivity contribution in [1.82, 2.24) is 9.97 Å². The van der Waals surface area contributed by atoms with Gasteiger partial charge in [0.05, 0.1) is 5.56 Å². The van der Waals surface area contributed by atoms with Crippen LogP contribution >= 0.6 is 0 Å². The standard InChI is InChI=1S/C22H18FN3O4/c1-12-16(21(28)30-11-13-6-3-2-4-7-13)17(14-8-5-9-15(23)10-14)18-19(24-12)25-22(29)26-20(18)27/h2-10,16-17H,1,11H2,(H3,24,25,26,27,29)/t16-,17+/m1/s1. The maximum atomic E-state index is 14.0. The molecule has 1 aromatic heterocycles. The highest BCUT2D eigenvalue weighted by atomic mass is 19.1. The number of carbonyl (C=O) groups is 1. The summed E-state index contributed by atoms with van der Waals surface area (Å²) >= 11 is 0. The molecule has 0 unspecified atom stereocenters. The van der Waals surface area contributed by atoms with Gasteiger partial charge in [0.15, 0.2) is 0 Å². The Labute approximate surface area is 170 Å². The summed E-state index contributed by atoms with van der Waals surface area (Å²) in [7, 11) is 0. The Morgan fingerprint density at radius 1 is 1.07 bits per heavy atom. The molecule has 0 bridgehead atoms. The summed E-state index contributed by atoms with van der Waals surface area (Å²) in [4.78, 5) is 42.0. The van der Waals surface area contributed by atoms with Gasteiger partial charge in [0.25, 0.3) is 5.56 Å². The van der Waals surface area contributed by atoms with E-state index in [-0.39, 0.29) is 23.7 Å². The van der Waals surface area contributed by atoms with Crippen LogP contribution in [-0.2, 0) is 16.1 Å². The number of aromatic nitrogens is 2. The van der Waals surface area contributed by atoms with Crippen molar-refractivity contribution in [2.45, 2.75) is 12.5 Å². The molecule has 0 saturated heterocycles. The van der Waals surface area contributed by atoms with Crippen molar-refractivity contribution in [1.29, 1.82) is 0 Å². The first kappa shape index (κ1) is 19.4. The Hall–Kier alpha value is -3.94. The molecule has 4 rings (SSSR count). The summed E-state index contributed by atoms with van der Waals surface area (Å²) in [6.45, 7) is 3.92. The zero-order valence-corrected chi connectivity index (χ0v) is 15.8. The molecular weight excluding hydrogens is 389 g/mol. The summed E-state index contributed by atoms with van der Waals surface area (Å²) in [6, 6.07) is 14.7. The molecule has 1 aliphatic heterocycles. The van der Waals surface area contributed by atoms with E-state index in [1.807, 2.05) is 30.3 Å². The molecular formula is C22H18FN3O4. The van der Waals surface area contributed by atoms with Gasteiger partial charge in [0.1, 0.15) is 24.2 Å². The molecule has 0 spiro atoms. The summed E-state index contributed by atoms with van der Waals surface area (Å²) < 4.78 is 19.4. The molecule has 3 aromatic rings. The van der Waals surface area contributed by atoms with E-state index in [2.05, 4.69) is 21.9 Å². The first-order valence-electron chi connectivity index (χ1n) is 9.22. The fourth-order valence-electron chi connectivity index (χ4n) is 3.65. The van der Waals surface area contributed by atoms with E-state index in [9.17, 15) is 18.8 Å². The quantitative estimate of drug-likeness (QED) is 0.577. The zero-order chi connectivity index (χ0) is 21.3. The third-order valence-corrected chi connectivity index (χ3v) is 4.97. The lowest BCUT2D eigenvalue weighted by atomic mass is 9.77. The van der Waals surface area contributed by atoms with Gasteiger partial charge in [-0.25, -0.2) is 9.18 Å². The van der Waals surface area contributed by atoms with Crippen LogP contribution in [0.2, 0.25) is 0 Å². The van der Waals surface area contributed by atoms with E-state index >= 15 is 0 Å². The summed E-state index contributed by atoms with van der Waals surface area (Å²) in [5.74, 6) is -2.92. The number of benzene rings is 2. The van der Waals surface area contributed by atoms with Crippen LogP contribution < -0.4 is 16.6 Å². The first-order chi connectivity index (χ1) is 14.4. The van der Waals surface area contributed by atoms with Crippen molar-refractivity contribution in [2.24, 2.45) is 5.92 Å². The van der Waals surface area contributed by atoms with Gasteiger partial charge in [-0.15, -0.1) is 0 Å². The van der Waals surface area contributed by atoms with Gasteiger partial charge in [-0.3, -0.25) is 19.6 Å². The summed E-state index contributed by atoms with van der Waals surface area (Å²) in [5, 5.41) is 2.82. The van der Waals surface area contributed by atoms with Crippen molar-refractivity contribution in [3.05, 3.63) is 110 Å². The van der Waals surface area contributed by atoms with E-state index in [1.165, 1.54) is 18.2 Å². The van der Waals surface area contributed by atoms with Crippen molar-refractivity contribution in [3.8, 4) is 0 Å². The summed E-state index contributed by atoms with van der Waals surface area (Å²) in [6.07, 6.45) is 0.